The van der Waals surface area contributed by atoms with Crippen molar-refractivity contribution < 1.29 is 9.47 Å². The van der Waals surface area contributed by atoms with E-state index >= 15 is 0 Å². The second-order valence-electron chi connectivity index (χ2n) is 4.68. The molecule has 3 rings (SSSR count). The van der Waals surface area contributed by atoms with E-state index in [0.717, 1.165) is 36.9 Å². The molecule has 5 atom stereocenters. The van der Waals surface area contributed by atoms with Crippen molar-refractivity contribution in [3.8, 4) is 0 Å². The Morgan fingerprint density at radius 3 is 2.75 bits per heavy atom. The maximum absolute atomic E-state index is 5.66. The first-order valence-electron chi connectivity index (χ1n) is 5.08. The van der Waals surface area contributed by atoms with E-state index in [1.807, 2.05) is 0 Å². The molecule has 1 saturated carbocycles. The summed E-state index contributed by atoms with van der Waals surface area (Å²) >= 11 is 0. The lowest BCUT2D eigenvalue weighted by Gasteiger charge is -2.41. The molecule has 2 heterocycles. The van der Waals surface area contributed by atoms with E-state index in [1.54, 1.807) is 0 Å². The van der Waals surface area contributed by atoms with Gasteiger partial charge >= 0.3 is 0 Å². The molecule has 0 radical (unpaired) electrons. The summed E-state index contributed by atoms with van der Waals surface area (Å²) in [6.45, 7) is 4.27. The third-order valence-corrected chi connectivity index (χ3v) is 3.89. The first-order valence-corrected chi connectivity index (χ1v) is 5.08. The molecule has 0 spiro atoms. The van der Waals surface area contributed by atoms with Gasteiger partial charge in [-0.15, -0.1) is 0 Å². The van der Waals surface area contributed by atoms with Crippen LogP contribution in [0.1, 0.15) is 19.8 Å². The fourth-order valence-electron chi connectivity index (χ4n) is 3.25. The zero-order chi connectivity index (χ0) is 8.13. The van der Waals surface area contributed by atoms with Gasteiger partial charge in [0.1, 0.15) is 0 Å². The van der Waals surface area contributed by atoms with Gasteiger partial charge in [-0.2, -0.15) is 0 Å². The summed E-state index contributed by atoms with van der Waals surface area (Å²) in [6, 6.07) is 0. The molecule has 0 amide bonds. The SMILES string of the molecule is CC1CC2COC3OCC1C3C2. The highest BCUT2D eigenvalue weighted by Gasteiger charge is 2.48. The minimum atomic E-state index is 0.161. The van der Waals surface area contributed by atoms with Crippen molar-refractivity contribution >= 4 is 0 Å². The monoisotopic (exact) mass is 168 g/mol. The molecule has 0 N–H and O–H groups in total. The summed E-state index contributed by atoms with van der Waals surface area (Å²) in [5.74, 6) is 3.22. The van der Waals surface area contributed by atoms with Crippen molar-refractivity contribution in [2.75, 3.05) is 13.2 Å². The van der Waals surface area contributed by atoms with Crippen molar-refractivity contribution in [1.82, 2.24) is 0 Å². The van der Waals surface area contributed by atoms with Gasteiger partial charge in [0.15, 0.2) is 6.29 Å². The highest BCUT2D eigenvalue weighted by molar-refractivity contribution is 4.92. The van der Waals surface area contributed by atoms with Crippen LogP contribution < -0.4 is 0 Å². The van der Waals surface area contributed by atoms with E-state index in [0.29, 0.717) is 0 Å². The van der Waals surface area contributed by atoms with Crippen LogP contribution in [-0.4, -0.2) is 19.5 Å². The maximum atomic E-state index is 5.66. The summed E-state index contributed by atoms with van der Waals surface area (Å²) in [6.07, 6.45) is 2.88. The van der Waals surface area contributed by atoms with Crippen LogP contribution in [0.25, 0.3) is 0 Å². The zero-order valence-electron chi connectivity index (χ0n) is 7.53. The highest BCUT2D eigenvalue weighted by Crippen LogP contribution is 2.47. The van der Waals surface area contributed by atoms with Gasteiger partial charge in [0, 0.05) is 5.92 Å². The number of hydrogen-bond donors (Lipinski definition) is 0. The molecule has 3 fully saturated rings. The Hall–Kier alpha value is -0.0800. The highest BCUT2D eigenvalue weighted by atomic mass is 16.7. The number of ether oxygens (including phenoxy) is 2. The number of rotatable bonds is 0. The Morgan fingerprint density at radius 2 is 1.83 bits per heavy atom. The molecular weight excluding hydrogens is 152 g/mol. The lowest BCUT2D eigenvalue weighted by Crippen LogP contribution is -2.40. The molecule has 2 bridgehead atoms. The van der Waals surface area contributed by atoms with Gasteiger partial charge in [-0.1, -0.05) is 6.92 Å². The lowest BCUT2D eigenvalue weighted by atomic mass is 9.68. The smallest absolute Gasteiger partial charge is 0.160 e. The van der Waals surface area contributed by atoms with E-state index in [1.165, 1.54) is 12.8 Å². The predicted octanol–water partition coefficient (Wildman–Crippen LogP) is 1.65. The summed E-state index contributed by atoms with van der Waals surface area (Å²) < 4.78 is 11.3. The van der Waals surface area contributed by atoms with Gasteiger partial charge in [0.2, 0.25) is 0 Å². The minimum absolute atomic E-state index is 0.161. The van der Waals surface area contributed by atoms with Gasteiger partial charge in [-0.25, -0.2) is 0 Å². The molecule has 2 aliphatic heterocycles. The van der Waals surface area contributed by atoms with Crippen LogP contribution in [0.2, 0.25) is 0 Å². The molecular formula is C10H16O2. The summed E-state index contributed by atoms with van der Waals surface area (Å²) in [4.78, 5) is 0. The largest absolute Gasteiger partial charge is 0.352 e. The molecule has 68 valence electrons. The molecule has 0 aromatic rings. The Bertz CT molecular complexity index is 192. The van der Waals surface area contributed by atoms with Crippen molar-refractivity contribution in [2.45, 2.75) is 26.1 Å². The fraction of sp³-hybridized carbons (Fsp3) is 1.00. The predicted molar refractivity (Wildman–Crippen MR) is 44.6 cm³/mol. The van der Waals surface area contributed by atoms with E-state index in [4.69, 9.17) is 9.47 Å². The van der Waals surface area contributed by atoms with Gasteiger partial charge in [-0.05, 0) is 30.6 Å². The standard InChI is InChI=1S/C10H16O2/c1-6-2-7-3-8-9(6)5-12-10(8)11-4-7/h6-10H,2-5H2,1H3. The van der Waals surface area contributed by atoms with Crippen molar-refractivity contribution in [2.24, 2.45) is 23.7 Å². The Balaban J connectivity index is 1.89. The fourth-order valence-corrected chi connectivity index (χ4v) is 3.25. The molecule has 0 aromatic heterocycles. The molecule has 2 heteroatoms. The van der Waals surface area contributed by atoms with E-state index in [-0.39, 0.29) is 6.29 Å². The molecule has 2 saturated heterocycles. The minimum Gasteiger partial charge on any atom is -0.352 e. The van der Waals surface area contributed by atoms with Crippen molar-refractivity contribution in [1.29, 1.82) is 0 Å². The average molecular weight is 168 g/mol. The third-order valence-electron chi connectivity index (χ3n) is 3.89. The third kappa shape index (κ3) is 0.882. The Kier molecular flexibility index (Phi) is 1.50. The second kappa shape index (κ2) is 2.46. The van der Waals surface area contributed by atoms with Crippen molar-refractivity contribution in [3.63, 3.8) is 0 Å². The molecule has 0 aromatic carbocycles. The lowest BCUT2D eigenvalue weighted by molar-refractivity contribution is -0.174. The molecule has 1 aliphatic carbocycles. The van der Waals surface area contributed by atoms with Gasteiger partial charge in [-0.3, -0.25) is 0 Å². The molecule has 2 nitrogen and oxygen atoms in total. The topological polar surface area (TPSA) is 18.5 Å². The zero-order valence-corrected chi connectivity index (χ0v) is 7.53. The van der Waals surface area contributed by atoms with Crippen LogP contribution in [-0.2, 0) is 9.47 Å². The first kappa shape index (κ1) is 7.34. The Morgan fingerprint density at radius 1 is 1.00 bits per heavy atom. The van der Waals surface area contributed by atoms with E-state index in [2.05, 4.69) is 6.92 Å². The first-order chi connectivity index (χ1) is 5.84. The van der Waals surface area contributed by atoms with E-state index < -0.39 is 0 Å². The Labute approximate surface area is 73.2 Å². The van der Waals surface area contributed by atoms with Gasteiger partial charge < -0.3 is 9.47 Å². The quantitative estimate of drug-likeness (QED) is 0.547. The second-order valence-corrected chi connectivity index (χ2v) is 4.68. The summed E-state index contributed by atoms with van der Waals surface area (Å²) in [7, 11) is 0. The van der Waals surface area contributed by atoms with Crippen LogP contribution in [0.15, 0.2) is 0 Å². The van der Waals surface area contributed by atoms with Crippen LogP contribution in [0.4, 0.5) is 0 Å². The molecule has 3 aliphatic rings. The maximum Gasteiger partial charge on any atom is 0.160 e. The normalized spacial score (nSPS) is 57.2. The number of fused-ring (bicyclic) bond motifs is 1. The van der Waals surface area contributed by atoms with Crippen LogP contribution >= 0.6 is 0 Å². The van der Waals surface area contributed by atoms with E-state index in [9.17, 15) is 0 Å². The van der Waals surface area contributed by atoms with Crippen LogP contribution in [0, 0.1) is 23.7 Å². The molecule has 12 heavy (non-hydrogen) atoms. The van der Waals surface area contributed by atoms with Gasteiger partial charge in [0.25, 0.3) is 0 Å². The van der Waals surface area contributed by atoms with Crippen LogP contribution in [0.3, 0.4) is 0 Å². The molecule has 5 unspecified atom stereocenters. The van der Waals surface area contributed by atoms with Crippen molar-refractivity contribution in [3.05, 3.63) is 0 Å². The summed E-state index contributed by atoms with van der Waals surface area (Å²) in [5.41, 5.74) is 0. The average Bonchev–Trinajstić information content (AvgIpc) is 2.48. The van der Waals surface area contributed by atoms with Crippen LogP contribution in [0.5, 0.6) is 0 Å². The number of hydrogen-bond acceptors (Lipinski definition) is 2. The van der Waals surface area contributed by atoms with Gasteiger partial charge in [0.05, 0.1) is 13.2 Å². The summed E-state index contributed by atoms with van der Waals surface area (Å²) in [5, 5.41) is 0.